The summed E-state index contributed by atoms with van der Waals surface area (Å²) in [7, 11) is 0. The third kappa shape index (κ3) is 2.94. The van der Waals surface area contributed by atoms with Crippen LogP contribution >= 0.6 is 0 Å². The van der Waals surface area contributed by atoms with E-state index in [0.717, 1.165) is 0 Å². The summed E-state index contributed by atoms with van der Waals surface area (Å²) < 4.78 is 37.9. The van der Waals surface area contributed by atoms with Crippen LogP contribution in [0.2, 0.25) is 0 Å². The zero-order chi connectivity index (χ0) is 14.7. The van der Waals surface area contributed by atoms with E-state index in [-0.39, 0.29) is 12.8 Å². The predicted molar refractivity (Wildman–Crippen MR) is 51.7 cm³/mol. The number of carbonyl (C=O) groups is 2. The van der Waals surface area contributed by atoms with Gasteiger partial charge in [0.2, 0.25) is 0 Å². The highest BCUT2D eigenvalue weighted by Gasteiger charge is 2.50. The summed E-state index contributed by atoms with van der Waals surface area (Å²) >= 11 is 0. The van der Waals surface area contributed by atoms with Gasteiger partial charge >= 0.3 is 6.18 Å². The first-order chi connectivity index (χ1) is 8.04. The van der Waals surface area contributed by atoms with Crippen molar-refractivity contribution in [3.63, 3.8) is 0 Å². The van der Waals surface area contributed by atoms with Gasteiger partial charge in [0.05, 0.1) is 5.92 Å². The lowest BCUT2D eigenvalue weighted by Gasteiger charge is -2.44. The van der Waals surface area contributed by atoms with Crippen LogP contribution in [0.5, 0.6) is 0 Å². The molecular formula is C11H15F3O4-2. The van der Waals surface area contributed by atoms with Gasteiger partial charge in [0.15, 0.2) is 0 Å². The monoisotopic (exact) mass is 268 g/mol. The molecule has 0 aromatic heterocycles. The van der Waals surface area contributed by atoms with E-state index in [9.17, 15) is 33.0 Å². The van der Waals surface area contributed by atoms with Crippen molar-refractivity contribution in [2.24, 2.45) is 17.3 Å². The highest BCUT2D eigenvalue weighted by atomic mass is 19.4. The third-order valence-corrected chi connectivity index (χ3v) is 3.53. The standard InChI is InChI=1S/C11H17F3O4/c1-4-10(5-2,9(17)18)7(8(15)16)6(3)11(12,13)14/h6-7H,4-5H2,1-3H3,(H,15,16)(H,17,18)/p-2. The van der Waals surface area contributed by atoms with E-state index in [1.165, 1.54) is 13.8 Å². The minimum atomic E-state index is -4.81. The summed E-state index contributed by atoms with van der Waals surface area (Å²) in [6, 6.07) is 0. The fourth-order valence-corrected chi connectivity index (χ4v) is 2.20. The Kier molecular flexibility index (Phi) is 5.19. The predicted octanol–water partition coefficient (Wildman–Crippen LogP) is 0.107. The van der Waals surface area contributed by atoms with Gasteiger partial charge in [0.25, 0.3) is 0 Å². The summed E-state index contributed by atoms with van der Waals surface area (Å²) in [6.45, 7) is 3.28. The van der Waals surface area contributed by atoms with E-state index in [1.807, 2.05) is 0 Å². The number of hydrogen-bond donors (Lipinski definition) is 0. The summed E-state index contributed by atoms with van der Waals surface area (Å²) in [5.41, 5.74) is -2.08. The smallest absolute Gasteiger partial charge is 0.392 e. The van der Waals surface area contributed by atoms with Crippen molar-refractivity contribution >= 4 is 11.9 Å². The lowest BCUT2D eigenvalue weighted by atomic mass is 9.66. The molecule has 7 heteroatoms. The molecule has 4 nitrogen and oxygen atoms in total. The van der Waals surface area contributed by atoms with Crippen LogP contribution in [0.25, 0.3) is 0 Å². The fourth-order valence-electron chi connectivity index (χ4n) is 2.20. The number of alkyl halides is 3. The first-order valence-electron chi connectivity index (χ1n) is 5.53. The second-order valence-electron chi connectivity index (χ2n) is 4.28. The second-order valence-corrected chi connectivity index (χ2v) is 4.28. The minimum absolute atomic E-state index is 0.273. The van der Waals surface area contributed by atoms with Crippen molar-refractivity contribution in [2.45, 2.75) is 39.8 Å². The van der Waals surface area contributed by atoms with E-state index < -0.39 is 35.4 Å². The lowest BCUT2D eigenvalue weighted by molar-refractivity contribution is -0.343. The first-order valence-corrected chi connectivity index (χ1v) is 5.53. The number of aliphatic carboxylic acids is 2. The van der Waals surface area contributed by atoms with Crippen molar-refractivity contribution in [3.8, 4) is 0 Å². The van der Waals surface area contributed by atoms with Crippen LogP contribution in [0.15, 0.2) is 0 Å². The Labute approximate surface area is 103 Å². The van der Waals surface area contributed by atoms with Crippen LogP contribution in [0.1, 0.15) is 33.6 Å². The first kappa shape index (κ1) is 16.7. The molecule has 18 heavy (non-hydrogen) atoms. The molecule has 0 aliphatic heterocycles. The molecule has 2 unspecified atom stereocenters. The van der Waals surface area contributed by atoms with Crippen LogP contribution in [-0.2, 0) is 9.59 Å². The zero-order valence-electron chi connectivity index (χ0n) is 10.3. The molecule has 0 rings (SSSR count). The SMILES string of the molecule is CCC(CC)(C(=O)[O-])C(C(=O)[O-])C(C)C(F)(F)F. The highest BCUT2D eigenvalue weighted by Crippen LogP contribution is 2.44. The largest absolute Gasteiger partial charge is 0.550 e. The number of hydrogen-bond acceptors (Lipinski definition) is 4. The molecule has 0 saturated carbocycles. The molecule has 0 saturated heterocycles. The van der Waals surface area contributed by atoms with Crippen LogP contribution in [0, 0.1) is 17.3 Å². The number of carbonyl (C=O) groups excluding carboxylic acids is 2. The van der Waals surface area contributed by atoms with E-state index in [4.69, 9.17) is 0 Å². The third-order valence-electron chi connectivity index (χ3n) is 3.53. The number of rotatable bonds is 6. The van der Waals surface area contributed by atoms with Crippen LogP contribution in [-0.4, -0.2) is 18.1 Å². The average molecular weight is 268 g/mol. The van der Waals surface area contributed by atoms with Gasteiger partial charge < -0.3 is 19.8 Å². The maximum atomic E-state index is 12.6. The Morgan fingerprint density at radius 3 is 1.67 bits per heavy atom. The van der Waals surface area contributed by atoms with Gasteiger partial charge in [-0.05, 0) is 12.8 Å². The Morgan fingerprint density at radius 2 is 1.50 bits per heavy atom. The summed E-state index contributed by atoms with van der Waals surface area (Å²) in [5.74, 6) is -8.30. The fraction of sp³-hybridized carbons (Fsp3) is 0.818. The zero-order valence-corrected chi connectivity index (χ0v) is 10.3. The van der Waals surface area contributed by atoms with E-state index in [1.54, 1.807) is 0 Å². The van der Waals surface area contributed by atoms with Gasteiger partial charge in [-0.15, -0.1) is 0 Å². The summed E-state index contributed by atoms with van der Waals surface area (Å²) in [4.78, 5) is 22.0. The molecule has 0 radical (unpaired) electrons. The van der Waals surface area contributed by atoms with E-state index in [0.29, 0.717) is 6.92 Å². The maximum Gasteiger partial charge on any atom is 0.392 e. The van der Waals surface area contributed by atoms with Crippen molar-refractivity contribution in [1.29, 1.82) is 0 Å². The van der Waals surface area contributed by atoms with Gasteiger partial charge in [0.1, 0.15) is 0 Å². The number of halogens is 3. The van der Waals surface area contributed by atoms with Crippen molar-refractivity contribution in [2.75, 3.05) is 0 Å². The molecule has 2 atom stereocenters. The number of carboxylic acids is 2. The van der Waals surface area contributed by atoms with Gasteiger partial charge in [-0.2, -0.15) is 13.2 Å². The van der Waals surface area contributed by atoms with Crippen LogP contribution in [0.3, 0.4) is 0 Å². The quantitative estimate of drug-likeness (QED) is 0.684. The van der Waals surface area contributed by atoms with E-state index >= 15 is 0 Å². The molecular weight excluding hydrogens is 253 g/mol. The molecule has 0 fully saturated rings. The van der Waals surface area contributed by atoms with Crippen molar-refractivity contribution in [3.05, 3.63) is 0 Å². The molecule has 0 heterocycles. The maximum absolute atomic E-state index is 12.6. The van der Waals surface area contributed by atoms with Gasteiger partial charge in [0, 0.05) is 23.3 Å². The minimum Gasteiger partial charge on any atom is -0.550 e. The highest BCUT2D eigenvalue weighted by molar-refractivity contribution is 5.81. The Morgan fingerprint density at radius 1 is 1.11 bits per heavy atom. The second kappa shape index (κ2) is 5.58. The topological polar surface area (TPSA) is 80.3 Å². The molecule has 0 aliphatic rings. The van der Waals surface area contributed by atoms with E-state index in [2.05, 4.69) is 0 Å². The van der Waals surface area contributed by atoms with Crippen LogP contribution < -0.4 is 10.2 Å². The molecule has 0 bridgehead atoms. The van der Waals surface area contributed by atoms with Gasteiger partial charge in [-0.3, -0.25) is 0 Å². The average Bonchev–Trinajstić information content (AvgIpc) is 2.22. The van der Waals surface area contributed by atoms with Crippen molar-refractivity contribution < 1.29 is 33.0 Å². The Hall–Kier alpha value is -1.27. The summed E-state index contributed by atoms with van der Waals surface area (Å²) in [5, 5.41) is 22.0. The Balaban J connectivity index is 5.72. The molecule has 0 aliphatic carbocycles. The normalized spacial score (nSPS) is 16.1. The molecule has 0 spiro atoms. The molecule has 0 aromatic rings. The number of carboxylic acid groups (broad SMARTS) is 2. The van der Waals surface area contributed by atoms with Gasteiger partial charge in [-0.25, -0.2) is 0 Å². The molecule has 0 aromatic carbocycles. The van der Waals surface area contributed by atoms with Crippen molar-refractivity contribution in [1.82, 2.24) is 0 Å². The molecule has 0 N–H and O–H groups in total. The lowest BCUT2D eigenvalue weighted by Crippen LogP contribution is -2.56. The van der Waals surface area contributed by atoms with Gasteiger partial charge in [-0.1, -0.05) is 20.8 Å². The molecule has 0 amide bonds. The summed E-state index contributed by atoms with van der Waals surface area (Å²) in [6.07, 6.45) is -5.36. The molecule has 106 valence electrons. The van der Waals surface area contributed by atoms with Crippen LogP contribution in [0.4, 0.5) is 13.2 Å². The Bertz CT molecular complexity index is 321.